The summed E-state index contributed by atoms with van der Waals surface area (Å²) < 4.78 is 11.1. The van der Waals surface area contributed by atoms with Crippen molar-refractivity contribution in [3.05, 3.63) is 79.6 Å². The molecular formula is C26H25BrClNO5. The van der Waals surface area contributed by atoms with Crippen LogP contribution in [0.4, 0.5) is 0 Å². The van der Waals surface area contributed by atoms with Crippen LogP contribution in [0.2, 0.25) is 5.02 Å². The van der Waals surface area contributed by atoms with Gasteiger partial charge in [0.1, 0.15) is 0 Å². The molecule has 0 saturated heterocycles. The number of methoxy groups -OCH3 is 1. The van der Waals surface area contributed by atoms with Gasteiger partial charge in [0.15, 0.2) is 17.3 Å². The first-order chi connectivity index (χ1) is 16.2. The van der Waals surface area contributed by atoms with Crippen LogP contribution in [-0.2, 0) is 14.3 Å². The van der Waals surface area contributed by atoms with Crippen molar-refractivity contribution in [1.29, 1.82) is 0 Å². The number of carbonyl (C=O) groups is 2. The monoisotopic (exact) mass is 545 g/mol. The van der Waals surface area contributed by atoms with E-state index in [1.807, 2.05) is 31.2 Å². The van der Waals surface area contributed by atoms with Crippen molar-refractivity contribution < 1.29 is 24.2 Å². The van der Waals surface area contributed by atoms with Crippen molar-refractivity contribution in [2.45, 2.75) is 38.5 Å². The largest absolute Gasteiger partial charge is 0.503 e. The summed E-state index contributed by atoms with van der Waals surface area (Å²) in [6.45, 7) is 3.97. The van der Waals surface area contributed by atoms with Gasteiger partial charge in [0.25, 0.3) is 0 Å². The number of esters is 1. The number of hydrogen-bond acceptors (Lipinski definition) is 6. The van der Waals surface area contributed by atoms with E-state index in [1.54, 1.807) is 19.1 Å². The van der Waals surface area contributed by atoms with Crippen LogP contribution in [0.3, 0.4) is 0 Å². The molecule has 4 rings (SSSR count). The number of halogens is 2. The minimum Gasteiger partial charge on any atom is -0.503 e. The molecule has 34 heavy (non-hydrogen) atoms. The van der Waals surface area contributed by atoms with E-state index >= 15 is 0 Å². The number of phenols is 1. The summed E-state index contributed by atoms with van der Waals surface area (Å²) in [4.78, 5) is 26.5. The molecule has 2 aromatic carbocycles. The number of benzene rings is 2. The number of hydrogen-bond donors (Lipinski definition) is 2. The van der Waals surface area contributed by atoms with Crippen LogP contribution in [-0.4, -0.2) is 30.6 Å². The van der Waals surface area contributed by atoms with Gasteiger partial charge in [-0.15, -0.1) is 0 Å². The molecule has 6 nitrogen and oxygen atoms in total. The molecule has 2 aromatic rings. The predicted octanol–water partition coefficient (Wildman–Crippen LogP) is 5.74. The lowest BCUT2D eigenvalue weighted by Gasteiger charge is -2.36. The Bertz CT molecular complexity index is 1220. The second-order valence-corrected chi connectivity index (χ2v) is 9.63. The Balaban J connectivity index is 1.85. The van der Waals surface area contributed by atoms with Gasteiger partial charge in [-0.05, 0) is 77.5 Å². The number of dihydropyridines is 1. The van der Waals surface area contributed by atoms with Crippen LogP contribution in [0, 0.1) is 0 Å². The molecule has 0 spiro atoms. The van der Waals surface area contributed by atoms with Crippen molar-refractivity contribution in [2.75, 3.05) is 13.7 Å². The van der Waals surface area contributed by atoms with E-state index in [2.05, 4.69) is 21.2 Å². The van der Waals surface area contributed by atoms with E-state index in [0.29, 0.717) is 51.4 Å². The van der Waals surface area contributed by atoms with Crippen LogP contribution in [0.25, 0.3) is 0 Å². The number of carbonyl (C=O) groups excluding carboxylic acids is 2. The molecule has 1 aliphatic heterocycles. The number of ether oxygens (including phenoxy) is 2. The summed E-state index contributed by atoms with van der Waals surface area (Å²) in [6, 6.07) is 10.9. The molecule has 2 N–H and O–H groups in total. The minimum absolute atomic E-state index is 0.00492. The number of Topliss-reactive ketones (excluding diaryl/α,β-unsaturated/α-hetero) is 1. The molecular weight excluding hydrogens is 522 g/mol. The third-order valence-electron chi connectivity index (χ3n) is 6.26. The molecule has 8 heteroatoms. The molecule has 0 unspecified atom stereocenters. The molecule has 0 radical (unpaired) electrons. The van der Waals surface area contributed by atoms with Gasteiger partial charge in [-0.3, -0.25) is 4.79 Å². The Hall–Kier alpha value is -2.77. The molecule has 0 bridgehead atoms. The van der Waals surface area contributed by atoms with Gasteiger partial charge < -0.3 is 19.9 Å². The standard InChI is InChI=1S/C26H25BrClNO5/c1-4-34-21-12-16(9-18(27)25(21)31)23-22(26(32)33-3)13(2)29-19-10-15(11-20(30)24(19)23)14-5-7-17(28)8-6-14/h5-9,12,15,23,29,31H,4,10-11H2,1-3H3/t15-,23-/m1/s1. The second kappa shape index (κ2) is 9.84. The first-order valence-electron chi connectivity index (χ1n) is 11.0. The highest BCUT2D eigenvalue weighted by Crippen LogP contribution is 2.48. The van der Waals surface area contributed by atoms with Gasteiger partial charge in [-0.1, -0.05) is 23.7 Å². The number of ketones is 1. The Morgan fingerprint density at radius 1 is 1.21 bits per heavy atom. The summed E-state index contributed by atoms with van der Waals surface area (Å²) in [5.74, 6) is -0.984. The molecule has 1 heterocycles. The number of phenolic OH excluding ortho intramolecular Hbond substituents is 1. The Kier molecular flexibility index (Phi) is 7.05. The van der Waals surface area contributed by atoms with E-state index in [9.17, 15) is 14.7 Å². The van der Waals surface area contributed by atoms with Gasteiger partial charge in [0.2, 0.25) is 0 Å². The van der Waals surface area contributed by atoms with Crippen LogP contribution < -0.4 is 10.1 Å². The van der Waals surface area contributed by atoms with Crippen LogP contribution in [0.5, 0.6) is 11.5 Å². The SMILES string of the molecule is CCOc1cc([C@@H]2C(C(=O)OC)=C(C)NC3=C2C(=O)C[C@H](c2ccc(Cl)cc2)C3)cc(Br)c1O. The third kappa shape index (κ3) is 4.46. The van der Waals surface area contributed by atoms with Gasteiger partial charge in [-0.2, -0.15) is 0 Å². The molecule has 2 aliphatic rings. The Morgan fingerprint density at radius 3 is 2.56 bits per heavy atom. The molecule has 0 saturated carbocycles. The highest BCUT2D eigenvalue weighted by atomic mass is 79.9. The maximum absolute atomic E-state index is 13.6. The zero-order chi connectivity index (χ0) is 24.6. The van der Waals surface area contributed by atoms with E-state index in [-0.39, 0.29) is 23.2 Å². The van der Waals surface area contributed by atoms with Crippen molar-refractivity contribution in [3.63, 3.8) is 0 Å². The second-order valence-electron chi connectivity index (χ2n) is 8.34. The predicted molar refractivity (Wildman–Crippen MR) is 133 cm³/mol. The van der Waals surface area contributed by atoms with E-state index < -0.39 is 11.9 Å². The average molecular weight is 547 g/mol. The summed E-state index contributed by atoms with van der Waals surface area (Å²) in [6.07, 6.45) is 0.923. The topological polar surface area (TPSA) is 84.9 Å². The fraction of sp³-hybridized carbons (Fsp3) is 0.308. The van der Waals surface area contributed by atoms with Crippen LogP contribution in [0.15, 0.2) is 63.4 Å². The summed E-state index contributed by atoms with van der Waals surface area (Å²) >= 11 is 9.43. The highest BCUT2D eigenvalue weighted by Gasteiger charge is 2.41. The van der Waals surface area contributed by atoms with Crippen molar-refractivity contribution >= 4 is 39.3 Å². The van der Waals surface area contributed by atoms with Crippen LogP contribution in [0.1, 0.15) is 49.7 Å². The van der Waals surface area contributed by atoms with Crippen LogP contribution >= 0.6 is 27.5 Å². The molecule has 178 valence electrons. The molecule has 0 aromatic heterocycles. The van der Waals surface area contributed by atoms with Gasteiger partial charge in [-0.25, -0.2) is 4.79 Å². The Labute approximate surface area is 211 Å². The number of nitrogens with one attached hydrogen (secondary N) is 1. The molecule has 1 aliphatic carbocycles. The molecule has 0 amide bonds. The van der Waals surface area contributed by atoms with Gasteiger partial charge in [0, 0.05) is 34.3 Å². The van der Waals surface area contributed by atoms with E-state index in [4.69, 9.17) is 21.1 Å². The lowest BCUT2D eigenvalue weighted by Crippen LogP contribution is -2.36. The average Bonchev–Trinajstić information content (AvgIpc) is 2.81. The summed E-state index contributed by atoms with van der Waals surface area (Å²) in [5, 5.41) is 14.4. The first kappa shape index (κ1) is 24.4. The normalized spacial score (nSPS) is 20.1. The summed E-state index contributed by atoms with van der Waals surface area (Å²) in [7, 11) is 1.32. The maximum atomic E-state index is 13.6. The quantitative estimate of drug-likeness (QED) is 0.465. The number of aromatic hydroxyl groups is 1. The highest BCUT2D eigenvalue weighted by molar-refractivity contribution is 9.10. The van der Waals surface area contributed by atoms with Crippen molar-refractivity contribution in [1.82, 2.24) is 5.32 Å². The van der Waals surface area contributed by atoms with E-state index in [0.717, 1.165) is 11.3 Å². The molecule has 2 atom stereocenters. The first-order valence-corrected chi connectivity index (χ1v) is 12.1. The third-order valence-corrected chi connectivity index (χ3v) is 7.11. The lowest BCUT2D eigenvalue weighted by molar-refractivity contribution is -0.136. The summed E-state index contributed by atoms with van der Waals surface area (Å²) in [5.41, 5.74) is 4.00. The minimum atomic E-state index is -0.654. The number of allylic oxidation sites excluding steroid dienone is 3. The zero-order valence-electron chi connectivity index (χ0n) is 19.1. The smallest absolute Gasteiger partial charge is 0.336 e. The van der Waals surface area contributed by atoms with Crippen molar-refractivity contribution in [2.24, 2.45) is 0 Å². The number of rotatable bonds is 5. The lowest BCUT2D eigenvalue weighted by atomic mass is 9.71. The van der Waals surface area contributed by atoms with Gasteiger partial charge in [0.05, 0.1) is 23.8 Å². The fourth-order valence-electron chi connectivity index (χ4n) is 4.75. The van der Waals surface area contributed by atoms with E-state index in [1.165, 1.54) is 7.11 Å². The Morgan fingerprint density at radius 2 is 1.91 bits per heavy atom. The zero-order valence-corrected chi connectivity index (χ0v) is 21.4. The maximum Gasteiger partial charge on any atom is 0.336 e. The van der Waals surface area contributed by atoms with Crippen molar-refractivity contribution in [3.8, 4) is 11.5 Å². The molecule has 0 fully saturated rings. The fourth-order valence-corrected chi connectivity index (χ4v) is 5.34. The van der Waals surface area contributed by atoms with Gasteiger partial charge >= 0.3 is 5.97 Å².